The summed E-state index contributed by atoms with van der Waals surface area (Å²) in [6, 6.07) is 6.48. The van der Waals surface area contributed by atoms with Crippen molar-refractivity contribution in [3.8, 4) is 0 Å². The molecular formula is C15H18FN5. The van der Waals surface area contributed by atoms with Gasteiger partial charge >= 0.3 is 0 Å². The number of nitrogen functional groups attached to an aromatic ring is 1. The normalized spacial score (nSPS) is 12.2. The molecular weight excluding hydrogens is 269 g/mol. The molecule has 3 N–H and O–H groups in total. The van der Waals surface area contributed by atoms with Gasteiger partial charge in [-0.3, -0.25) is 5.10 Å². The van der Waals surface area contributed by atoms with Crippen LogP contribution in [0.1, 0.15) is 32.0 Å². The Kier molecular flexibility index (Phi) is 2.97. The fourth-order valence-electron chi connectivity index (χ4n) is 2.43. The predicted octanol–water partition coefficient (Wildman–Crippen LogP) is 2.83. The van der Waals surface area contributed by atoms with Crippen LogP contribution in [0.2, 0.25) is 0 Å². The molecule has 0 aliphatic heterocycles. The molecule has 0 saturated heterocycles. The van der Waals surface area contributed by atoms with E-state index in [4.69, 9.17) is 5.73 Å². The second kappa shape index (κ2) is 4.58. The average Bonchev–Trinajstić information content (AvgIpc) is 2.91. The second-order valence-electron chi connectivity index (χ2n) is 6.22. The summed E-state index contributed by atoms with van der Waals surface area (Å²) in [4.78, 5) is 0. The lowest BCUT2D eigenvalue weighted by molar-refractivity contribution is 0.548. The fourth-order valence-corrected chi connectivity index (χ4v) is 2.43. The zero-order chi connectivity index (χ0) is 15.2. The first-order chi connectivity index (χ1) is 9.86. The van der Waals surface area contributed by atoms with E-state index in [0.29, 0.717) is 18.0 Å². The van der Waals surface area contributed by atoms with Crippen molar-refractivity contribution in [3.05, 3.63) is 41.3 Å². The molecule has 5 nitrogen and oxygen atoms in total. The highest BCUT2D eigenvalue weighted by Gasteiger charge is 2.25. The third kappa shape index (κ3) is 2.37. The van der Waals surface area contributed by atoms with E-state index < -0.39 is 0 Å². The maximum Gasteiger partial charge on any atom is 0.182 e. The molecule has 0 radical (unpaired) electrons. The van der Waals surface area contributed by atoms with E-state index in [1.807, 2.05) is 6.07 Å². The number of nitrogens with zero attached hydrogens (tertiary/aromatic N) is 3. The van der Waals surface area contributed by atoms with Crippen molar-refractivity contribution in [1.82, 2.24) is 20.0 Å². The Hall–Kier alpha value is -2.37. The Balaban J connectivity index is 2.11. The Morgan fingerprint density at radius 1 is 1.33 bits per heavy atom. The van der Waals surface area contributed by atoms with Crippen LogP contribution in [0.4, 0.5) is 10.2 Å². The lowest BCUT2D eigenvalue weighted by Crippen LogP contribution is -2.14. The molecule has 0 bridgehead atoms. The molecule has 2 heterocycles. The zero-order valence-corrected chi connectivity index (χ0v) is 12.3. The number of nitrogens with one attached hydrogen (secondary N) is 1. The van der Waals surface area contributed by atoms with Gasteiger partial charge in [-0.05, 0) is 17.7 Å². The highest BCUT2D eigenvalue weighted by molar-refractivity contribution is 5.89. The summed E-state index contributed by atoms with van der Waals surface area (Å²) >= 11 is 0. The molecule has 0 aliphatic rings. The van der Waals surface area contributed by atoms with Crippen molar-refractivity contribution < 1.29 is 4.39 Å². The minimum absolute atomic E-state index is 0.149. The quantitative estimate of drug-likeness (QED) is 0.761. The molecule has 0 spiro atoms. The maximum atomic E-state index is 13.3. The number of H-pyrrole nitrogens is 1. The summed E-state index contributed by atoms with van der Waals surface area (Å²) in [6.45, 7) is 6.68. The van der Waals surface area contributed by atoms with Gasteiger partial charge < -0.3 is 5.73 Å². The molecule has 6 heteroatoms. The van der Waals surface area contributed by atoms with E-state index in [9.17, 15) is 4.39 Å². The molecule has 0 amide bonds. The van der Waals surface area contributed by atoms with Gasteiger partial charge in [-0.15, -0.1) is 0 Å². The Bertz CT molecular complexity index is 794. The molecule has 110 valence electrons. The number of halogens is 1. The molecule has 21 heavy (non-hydrogen) atoms. The van der Waals surface area contributed by atoms with Gasteiger partial charge in [0.25, 0.3) is 0 Å². The number of rotatable bonds is 2. The molecule has 1 aromatic carbocycles. The van der Waals surface area contributed by atoms with Crippen LogP contribution in [0.25, 0.3) is 11.0 Å². The van der Waals surface area contributed by atoms with E-state index in [-0.39, 0.29) is 11.2 Å². The Labute approximate surface area is 122 Å². The third-order valence-corrected chi connectivity index (χ3v) is 3.41. The molecule has 0 saturated carbocycles. The number of fused-ring (bicyclic) bond motifs is 1. The molecule has 3 rings (SSSR count). The summed E-state index contributed by atoms with van der Waals surface area (Å²) in [5.74, 6) is 0.258. The van der Waals surface area contributed by atoms with Gasteiger partial charge in [-0.2, -0.15) is 10.2 Å². The number of nitrogens with two attached hydrogens (primary N) is 1. The van der Waals surface area contributed by atoms with E-state index in [0.717, 1.165) is 16.6 Å². The number of benzene rings is 1. The molecule has 3 aromatic rings. The first-order valence-corrected chi connectivity index (χ1v) is 6.81. The number of hydrogen-bond donors (Lipinski definition) is 2. The van der Waals surface area contributed by atoms with Crippen LogP contribution in [0, 0.1) is 5.82 Å². The van der Waals surface area contributed by atoms with Crippen molar-refractivity contribution in [2.75, 3.05) is 5.73 Å². The Morgan fingerprint density at radius 3 is 2.76 bits per heavy atom. The van der Waals surface area contributed by atoms with Crippen molar-refractivity contribution in [1.29, 1.82) is 0 Å². The Morgan fingerprint density at radius 2 is 2.10 bits per heavy atom. The van der Waals surface area contributed by atoms with Crippen molar-refractivity contribution in [2.45, 2.75) is 32.7 Å². The van der Waals surface area contributed by atoms with Crippen LogP contribution in [-0.4, -0.2) is 20.0 Å². The van der Waals surface area contributed by atoms with Gasteiger partial charge in [-0.25, -0.2) is 9.07 Å². The summed E-state index contributed by atoms with van der Waals surface area (Å²) in [7, 11) is 0. The van der Waals surface area contributed by atoms with E-state index in [2.05, 4.69) is 36.1 Å². The minimum atomic E-state index is -0.256. The lowest BCUT2D eigenvalue weighted by Gasteiger charge is -2.15. The smallest absolute Gasteiger partial charge is 0.182 e. The van der Waals surface area contributed by atoms with Gasteiger partial charge in [0, 0.05) is 5.41 Å². The van der Waals surface area contributed by atoms with Crippen LogP contribution < -0.4 is 5.73 Å². The van der Waals surface area contributed by atoms with Crippen molar-refractivity contribution in [3.63, 3.8) is 0 Å². The summed E-state index contributed by atoms with van der Waals surface area (Å²) in [5.41, 5.74) is 8.24. The average molecular weight is 287 g/mol. The van der Waals surface area contributed by atoms with Crippen LogP contribution >= 0.6 is 0 Å². The second-order valence-corrected chi connectivity index (χ2v) is 6.22. The SMILES string of the molecule is CC(C)(C)c1nn(Cc2cccc(F)c2)c2n[nH]c(N)c12. The molecule has 2 aromatic heterocycles. The van der Waals surface area contributed by atoms with Gasteiger partial charge in [0.1, 0.15) is 11.6 Å². The van der Waals surface area contributed by atoms with Gasteiger partial charge in [-0.1, -0.05) is 32.9 Å². The summed E-state index contributed by atoms with van der Waals surface area (Å²) in [6.07, 6.45) is 0. The lowest BCUT2D eigenvalue weighted by atomic mass is 9.91. The van der Waals surface area contributed by atoms with E-state index >= 15 is 0 Å². The van der Waals surface area contributed by atoms with Crippen LogP contribution in [0.5, 0.6) is 0 Å². The molecule has 0 aliphatic carbocycles. The fraction of sp³-hybridized carbons (Fsp3) is 0.333. The topological polar surface area (TPSA) is 72.5 Å². The van der Waals surface area contributed by atoms with Crippen molar-refractivity contribution in [2.24, 2.45) is 0 Å². The molecule has 0 unspecified atom stereocenters. The van der Waals surface area contributed by atoms with E-state index in [1.54, 1.807) is 10.7 Å². The number of anilines is 1. The van der Waals surface area contributed by atoms with Gasteiger partial charge in [0.2, 0.25) is 0 Å². The number of aromatic nitrogens is 4. The molecule has 0 atom stereocenters. The zero-order valence-electron chi connectivity index (χ0n) is 12.3. The van der Waals surface area contributed by atoms with Crippen molar-refractivity contribution >= 4 is 16.9 Å². The third-order valence-electron chi connectivity index (χ3n) is 3.41. The predicted molar refractivity (Wildman–Crippen MR) is 80.5 cm³/mol. The number of hydrogen-bond acceptors (Lipinski definition) is 3. The van der Waals surface area contributed by atoms with Crippen LogP contribution in [0.3, 0.4) is 0 Å². The van der Waals surface area contributed by atoms with Gasteiger partial charge in [0.15, 0.2) is 5.65 Å². The first kappa shape index (κ1) is 13.6. The van der Waals surface area contributed by atoms with Crippen LogP contribution in [0.15, 0.2) is 24.3 Å². The monoisotopic (exact) mass is 287 g/mol. The largest absolute Gasteiger partial charge is 0.383 e. The highest BCUT2D eigenvalue weighted by Crippen LogP contribution is 2.31. The van der Waals surface area contributed by atoms with Gasteiger partial charge in [0.05, 0.1) is 17.6 Å². The maximum absolute atomic E-state index is 13.3. The molecule has 0 fully saturated rings. The highest BCUT2D eigenvalue weighted by atomic mass is 19.1. The summed E-state index contributed by atoms with van der Waals surface area (Å²) in [5, 5.41) is 12.5. The first-order valence-electron chi connectivity index (χ1n) is 6.81. The number of aromatic amines is 1. The van der Waals surface area contributed by atoms with Crippen LogP contribution in [-0.2, 0) is 12.0 Å². The van der Waals surface area contributed by atoms with E-state index in [1.165, 1.54) is 12.1 Å². The minimum Gasteiger partial charge on any atom is -0.383 e. The summed E-state index contributed by atoms with van der Waals surface area (Å²) < 4.78 is 15.1. The standard InChI is InChI=1S/C15H18FN5/c1-15(2,3)12-11-13(17)18-19-14(11)21(20-12)8-9-5-4-6-10(16)7-9/h4-7H,8H2,1-3H3,(H3,17,18,19).